The molecule has 1 aromatic heterocycles. The average Bonchev–Trinajstić information content (AvgIpc) is 2.26. The molecule has 2 aromatic rings. The van der Waals surface area contributed by atoms with Crippen molar-refractivity contribution in [3.05, 3.63) is 41.6 Å². The van der Waals surface area contributed by atoms with Gasteiger partial charge in [0.2, 0.25) is 0 Å². The number of aromatic nitrogens is 1. The number of hydrogen-bond donors (Lipinski definition) is 1. The van der Waals surface area contributed by atoms with Gasteiger partial charge in [-0.25, -0.2) is 0 Å². The third-order valence-corrected chi connectivity index (χ3v) is 2.77. The fourth-order valence-corrected chi connectivity index (χ4v) is 1.93. The minimum atomic E-state index is 0.0431. The Morgan fingerprint density at radius 3 is 2.62 bits per heavy atom. The van der Waals surface area contributed by atoms with E-state index in [9.17, 15) is 0 Å². The Balaban J connectivity index is 2.74. The number of aliphatic hydroxyl groups excluding tert-OH is 1. The summed E-state index contributed by atoms with van der Waals surface area (Å²) < 4.78 is 0. The zero-order valence-electron chi connectivity index (χ0n) is 9.99. The van der Waals surface area contributed by atoms with Crippen LogP contribution in [0.4, 0.5) is 0 Å². The first kappa shape index (κ1) is 11.1. The highest BCUT2D eigenvalue weighted by molar-refractivity contribution is 5.83. The van der Waals surface area contributed by atoms with E-state index in [1.165, 1.54) is 5.56 Å². The molecule has 1 N–H and O–H groups in total. The molecule has 0 amide bonds. The lowest BCUT2D eigenvalue weighted by atomic mass is 9.84. The van der Waals surface area contributed by atoms with Crippen LogP contribution in [0.1, 0.15) is 31.9 Å². The Labute approximate surface area is 96.0 Å². The van der Waals surface area contributed by atoms with E-state index < -0.39 is 0 Å². The molecule has 0 aliphatic carbocycles. The Kier molecular flexibility index (Phi) is 2.68. The topological polar surface area (TPSA) is 33.1 Å². The van der Waals surface area contributed by atoms with E-state index in [-0.39, 0.29) is 12.0 Å². The molecule has 0 atom stereocenters. The Bertz CT molecular complexity index is 512. The lowest BCUT2D eigenvalue weighted by Crippen LogP contribution is -2.11. The number of pyridine rings is 1. The lowest BCUT2D eigenvalue weighted by Gasteiger charge is -2.21. The van der Waals surface area contributed by atoms with Gasteiger partial charge < -0.3 is 5.11 Å². The van der Waals surface area contributed by atoms with E-state index in [4.69, 9.17) is 5.11 Å². The average molecular weight is 215 g/mol. The molecule has 0 bridgehead atoms. The van der Waals surface area contributed by atoms with Crippen molar-refractivity contribution in [3.63, 3.8) is 0 Å². The van der Waals surface area contributed by atoms with Crippen LogP contribution in [0.5, 0.6) is 0 Å². The van der Waals surface area contributed by atoms with Crippen LogP contribution in [0, 0.1) is 0 Å². The molecule has 16 heavy (non-hydrogen) atoms. The van der Waals surface area contributed by atoms with E-state index in [2.05, 4.69) is 31.8 Å². The van der Waals surface area contributed by atoms with Gasteiger partial charge in [0.15, 0.2) is 0 Å². The summed E-state index contributed by atoms with van der Waals surface area (Å²) in [6.45, 7) is 6.61. The minimum Gasteiger partial charge on any atom is -0.392 e. The monoisotopic (exact) mass is 215 g/mol. The first-order chi connectivity index (χ1) is 7.52. The van der Waals surface area contributed by atoms with Crippen LogP contribution in [0.2, 0.25) is 0 Å². The van der Waals surface area contributed by atoms with Crippen LogP contribution in [-0.2, 0) is 12.0 Å². The highest BCUT2D eigenvalue weighted by Crippen LogP contribution is 2.29. The Hall–Kier alpha value is -1.41. The molecule has 84 valence electrons. The molecule has 0 aliphatic heterocycles. The largest absolute Gasteiger partial charge is 0.392 e. The van der Waals surface area contributed by atoms with Crippen molar-refractivity contribution in [1.82, 2.24) is 4.98 Å². The lowest BCUT2D eigenvalue weighted by molar-refractivity contribution is 0.281. The first-order valence-electron chi connectivity index (χ1n) is 5.51. The standard InChI is InChI=1S/C14H17NO/c1-14(2,3)12-5-4-6-13-11(12)7-10(9-16)8-15-13/h4-8,16H,9H2,1-3H3. The number of fused-ring (bicyclic) bond motifs is 1. The van der Waals surface area contributed by atoms with Gasteiger partial charge in [0.1, 0.15) is 0 Å². The second kappa shape index (κ2) is 3.87. The van der Waals surface area contributed by atoms with Gasteiger partial charge >= 0.3 is 0 Å². The van der Waals surface area contributed by atoms with Crippen molar-refractivity contribution in [2.75, 3.05) is 0 Å². The summed E-state index contributed by atoms with van der Waals surface area (Å²) in [4.78, 5) is 4.37. The van der Waals surface area contributed by atoms with E-state index >= 15 is 0 Å². The molecule has 1 heterocycles. The molecule has 2 heteroatoms. The molecule has 0 radical (unpaired) electrons. The summed E-state index contributed by atoms with van der Waals surface area (Å²) in [6.07, 6.45) is 1.73. The molecule has 0 aliphatic rings. The van der Waals surface area contributed by atoms with Gasteiger partial charge in [0, 0.05) is 11.6 Å². The van der Waals surface area contributed by atoms with Crippen molar-refractivity contribution in [3.8, 4) is 0 Å². The van der Waals surface area contributed by atoms with E-state index in [1.54, 1.807) is 6.20 Å². The van der Waals surface area contributed by atoms with E-state index in [0.29, 0.717) is 0 Å². The molecule has 2 rings (SSSR count). The fraction of sp³-hybridized carbons (Fsp3) is 0.357. The van der Waals surface area contributed by atoms with E-state index in [1.807, 2.05) is 18.2 Å². The van der Waals surface area contributed by atoms with Crippen molar-refractivity contribution >= 4 is 10.9 Å². The van der Waals surface area contributed by atoms with Crippen molar-refractivity contribution < 1.29 is 5.11 Å². The number of benzene rings is 1. The van der Waals surface area contributed by atoms with Crippen LogP contribution in [0.3, 0.4) is 0 Å². The first-order valence-corrected chi connectivity index (χ1v) is 5.51. The summed E-state index contributed by atoms with van der Waals surface area (Å²) in [6, 6.07) is 8.20. The van der Waals surface area contributed by atoms with Gasteiger partial charge in [-0.2, -0.15) is 0 Å². The maximum Gasteiger partial charge on any atom is 0.0705 e. The van der Waals surface area contributed by atoms with E-state index in [0.717, 1.165) is 16.5 Å². The number of hydrogen-bond acceptors (Lipinski definition) is 2. The predicted molar refractivity (Wildman–Crippen MR) is 66.4 cm³/mol. The Morgan fingerprint density at radius 2 is 2.00 bits per heavy atom. The van der Waals surface area contributed by atoms with Crippen LogP contribution < -0.4 is 0 Å². The molecule has 0 unspecified atom stereocenters. The van der Waals surface area contributed by atoms with Gasteiger partial charge in [-0.1, -0.05) is 32.9 Å². The van der Waals surface area contributed by atoms with Gasteiger partial charge in [-0.05, 0) is 28.7 Å². The van der Waals surface area contributed by atoms with Gasteiger partial charge in [-0.15, -0.1) is 0 Å². The Morgan fingerprint density at radius 1 is 1.25 bits per heavy atom. The summed E-state index contributed by atoms with van der Waals surface area (Å²) in [5.74, 6) is 0. The van der Waals surface area contributed by atoms with Gasteiger partial charge in [0.25, 0.3) is 0 Å². The van der Waals surface area contributed by atoms with Gasteiger partial charge in [-0.3, -0.25) is 4.98 Å². The maximum absolute atomic E-state index is 9.15. The SMILES string of the molecule is CC(C)(C)c1cccc2ncc(CO)cc12. The number of rotatable bonds is 1. The number of nitrogens with zero attached hydrogens (tertiary/aromatic N) is 1. The normalized spacial score (nSPS) is 12.0. The third kappa shape index (κ3) is 1.93. The zero-order valence-corrected chi connectivity index (χ0v) is 9.99. The molecule has 2 nitrogen and oxygen atoms in total. The highest BCUT2D eigenvalue weighted by Gasteiger charge is 2.16. The maximum atomic E-state index is 9.15. The molecule has 0 spiro atoms. The summed E-state index contributed by atoms with van der Waals surface area (Å²) >= 11 is 0. The van der Waals surface area contributed by atoms with Crippen LogP contribution in [-0.4, -0.2) is 10.1 Å². The smallest absolute Gasteiger partial charge is 0.0705 e. The van der Waals surface area contributed by atoms with Gasteiger partial charge in [0.05, 0.1) is 12.1 Å². The third-order valence-electron chi connectivity index (χ3n) is 2.77. The summed E-state index contributed by atoms with van der Waals surface area (Å²) in [7, 11) is 0. The molecule has 0 saturated heterocycles. The molecular weight excluding hydrogens is 198 g/mol. The molecular formula is C14H17NO. The van der Waals surface area contributed by atoms with Crippen molar-refractivity contribution in [1.29, 1.82) is 0 Å². The predicted octanol–water partition coefficient (Wildman–Crippen LogP) is 3.02. The minimum absolute atomic E-state index is 0.0431. The zero-order chi connectivity index (χ0) is 11.8. The van der Waals surface area contributed by atoms with Crippen LogP contribution >= 0.6 is 0 Å². The second-order valence-corrected chi connectivity index (χ2v) is 5.12. The second-order valence-electron chi connectivity index (χ2n) is 5.12. The van der Waals surface area contributed by atoms with Crippen LogP contribution in [0.15, 0.2) is 30.5 Å². The molecule has 0 fully saturated rings. The van der Waals surface area contributed by atoms with Crippen LogP contribution in [0.25, 0.3) is 10.9 Å². The van der Waals surface area contributed by atoms with Crippen molar-refractivity contribution in [2.45, 2.75) is 32.8 Å². The molecule has 0 saturated carbocycles. The fourth-order valence-electron chi connectivity index (χ4n) is 1.93. The summed E-state index contributed by atoms with van der Waals surface area (Å²) in [5.41, 5.74) is 3.22. The molecule has 1 aromatic carbocycles. The number of aliphatic hydroxyl groups is 1. The summed E-state index contributed by atoms with van der Waals surface area (Å²) in [5, 5.41) is 10.3. The van der Waals surface area contributed by atoms with Crippen molar-refractivity contribution in [2.24, 2.45) is 0 Å². The highest BCUT2D eigenvalue weighted by atomic mass is 16.3. The quantitative estimate of drug-likeness (QED) is 0.793.